The van der Waals surface area contributed by atoms with Crippen LogP contribution in [0.1, 0.15) is 18.4 Å². The van der Waals surface area contributed by atoms with Crippen LogP contribution in [0.2, 0.25) is 0 Å². The Bertz CT molecular complexity index is 876. The molecule has 0 bridgehead atoms. The topological polar surface area (TPSA) is 62.7 Å². The molecule has 3 rings (SSSR count). The van der Waals surface area contributed by atoms with Crippen LogP contribution in [0.25, 0.3) is 0 Å². The lowest BCUT2D eigenvalue weighted by Gasteiger charge is -2.26. The molecule has 1 aliphatic heterocycles. The number of thiol groups is 1. The summed E-state index contributed by atoms with van der Waals surface area (Å²) >= 11 is 4.31. The molecule has 0 spiro atoms. The lowest BCUT2D eigenvalue weighted by atomic mass is 9.97. The third-order valence-electron chi connectivity index (χ3n) is 4.56. The highest BCUT2D eigenvalue weighted by Crippen LogP contribution is 2.19. The van der Waals surface area contributed by atoms with Crippen molar-refractivity contribution in [2.45, 2.75) is 19.4 Å². The van der Waals surface area contributed by atoms with Gasteiger partial charge in [0.1, 0.15) is 20.3 Å². The highest BCUT2D eigenvalue weighted by Gasteiger charge is 2.22. The van der Waals surface area contributed by atoms with Gasteiger partial charge in [0.15, 0.2) is 0 Å². The second-order valence-corrected chi connectivity index (χ2v) is 7.02. The zero-order valence-corrected chi connectivity index (χ0v) is 16.6. The molecule has 0 unspecified atom stereocenters. The number of rotatable bonds is 5. The fourth-order valence-electron chi connectivity index (χ4n) is 2.93. The van der Waals surface area contributed by atoms with Gasteiger partial charge in [-0.2, -0.15) is 0 Å². The number of amides is 2. The number of pyridine rings is 1. The molecule has 0 aliphatic carbocycles. The Morgan fingerprint density at radius 3 is 2.68 bits per heavy atom. The number of nitrogens with zero attached hydrogens (tertiary/aromatic N) is 3. The van der Waals surface area contributed by atoms with Crippen molar-refractivity contribution in [3.05, 3.63) is 65.9 Å². The zero-order chi connectivity index (χ0) is 19.9. The summed E-state index contributed by atoms with van der Waals surface area (Å²) in [6.07, 6.45) is 4.10. The Hall–Kier alpha value is -2.74. The minimum absolute atomic E-state index is 0.142. The SMILES string of the molecule is Bc1cccnc1N(S)C(=O)CC1=CCN(C(=O)OCc2ccccc2)CC1. The van der Waals surface area contributed by atoms with Crippen LogP contribution in [0, 0.1) is 0 Å². The van der Waals surface area contributed by atoms with E-state index >= 15 is 0 Å². The van der Waals surface area contributed by atoms with Crippen molar-refractivity contribution in [2.75, 3.05) is 17.4 Å². The first kappa shape index (κ1) is 20.0. The minimum Gasteiger partial charge on any atom is -0.445 e. The maximum absolute atomic E-state index is 12.5. The third kappa shape index (κ3) is 5.16. The van der Waals surface area contributed by atoms with Crippen molar-refractivity contribution < 1.29 is 14.3 Å². The van der Waals surface area contributed by atoms with Crippen LogP contribution >= 0.6 is 12.8 Å². The van der Waals surface area contributed by atoms with Crippen molar-refractivity contribution >= 4 is 43.9 Å². The number of carbonyl (C=O) groups is 2. The molecule has 28 heavy (non-hydrogen) atoms. The van der Waals surface area contributed by atoms with Crippen LogP contribution in [-0.4, -0.2) is 42.8 Å². The Morgan fingerprint density at radius 1 is 1.21 bits per heavy atom. The molecule has 2 aromatic rings. The summed E-state index contributed by atoms with van der Waals surface area (Å²) in [7, 11) is 1.89. The molecule has 2 heterocycles. The van der Waals surface area contributed by atoms with Crippen LogP contribution in [-0.2, 0) is 16.1 Å². The molecule has 0 saturated carbocycles. The molecular weight excluding hydrogens is 373 g/mol. The molecule has 144 valence electrons. The average molecular weight is 395 g/mol. The maximum atomic E-state index is 12.5. The largest absolute Gasteiger partial charge is 0.445 e. The van der Waals surface area contributed by atoms with E-state index < -0.39 is 0 Å². The fraction of sp³-hybridized carbons (Fsp3) is 0.250. The first-order valence-corrected chi connectivity index (χ1v) is 9.51. The highest BCUT2D eigenvalue weighted by molar-refractivity contribution is 7.82. The summed E-state index contributed by atoms with van der Waals surface area (Å²) in [5.41, 5.74) is 2.83. The summed E-state index contributed by atoms with van der Waals surface area (Å²) in [6, 6.07) is 13.3. The van der Waals surface area contributed by atoms with Crippen LogP contribution in [0.5, 0.6) is 0 Å². The second kappa shape index (κ2) is 9.46. The predicted molar refractivity (Wildman–Crippen MR) is 114 cm³/mol. The fourth-order valence-corrected chi connectivity index (χ4v) is 3.21. The van der Waals surface area contributed by atoms with E-state index in [1.807, 2.05) is 56.4 Å². The highest BCUT2D eigenvalue weighted by atomic mass is 32.1. The predicted octanol–water partition coefficient (Wildman–Crippen LogP) is 1.88. The molecule has 0 radical (unpaired) electrons. The summed E-state index contributed by atoms with van der Waals surface area (Å²) in [4.78, 5) is 30.6. The van der Waals surface area contributed by atoms with E-state index in [1.54, 1.807) is 11.1 Å². The molecular formula is C20H22BN3O3S. The monoisotopic (exact) mass is 395 g/mol. The van der Waals surface area contributed by atoms with Gasteiger partial charge in [-0.1, -0.05) is 60.9 Å². The van der Waals surface area contributed by atoms with Crippen LogP contribution in [0.4, 0.5) is 10.6 Å². The third-order valence-corrected chi connectivity index (χ3v) is 4.98. The number of aromatic nitrogens is 1. The minimum atomic E-state index is -0.342. The van der Waals surface area contributed by atoms with E-state index in [1.165, 1.54) is 4.31 Å². The van der Waals surface area contributed by atoms with Gasteiger partial charge in [0.2, 0.25) is 5.91 Å². The first-order valence-electron chi connectivity index (χ1n) is 9.11. The number of ether oxygens (including phenoxy) is 1. The number of benzene rings is 1. The maximum Gasteiger partial charge on any atom is 0.410 e. The molecule has 0 N–H and O–H groups in total. The van der Waals surface area contributed by atoms with E-state index in [0.29, 0.717) is 25.3 Å². The second-order valence-electron chi connectivity index (χ2n) is 6.62. The molecule has 1 aromatic carbocycles. The summed E-state index contributed by atoms with van der Waals surface area (Å²) in [5.74, 6) is 0.398. The standard InChI is InChI=1S/C20H22BN3O3S/c21-17-7-4-10-22-19(17)24(28)18(25)13-15-8-11-23(12-9-15)20(26)27-14-16-5-2-1-3-6-16/h1-8,10,28H,9,11-14,21H2. The normalized spacial score (nSPS) is 13.6. The molecule has 0 atom stereocenters. The van der Waals surface area contributed by atoms with Crippen molar-refractivity contribution in [3.8, 4) is 0 Å². The Balaban J connectivity index is 1.50. The smallest absolute Gasteiger partial charge is 0.410 e. The van der Waals surface area contributed by atoms with Gasteiger partial charge in [0.25, 0.3) is 0 Å². The van der Waals surface area contributed by atoms with Crippen molar-refractivity contribution in [1.29, 1.82) is 0 Å². The van der Waals surface area contributed by atoms with E-state index in [9.17, 15) is 9.59 Å². The molecule has 0 fully saturated rings. The lowest BCUT2D eigenvalue weighted by molar-refractivity contribution is -0.116. The van der Waals surface area contributed by atoms with E-state index in [-0.39, 0.29) is 25.0 Å². The Labute approximate surface area is 171 Å². The van der Waals surface area contributed by atoms with Gasteiger partial charge in [0.05, 0.1) is 0 Å². The van der Waals surface area contributed by atoms with Gasteiger partial charge >= 0.3 is 6.09 Å². The summed E-state index contributed by atoms with van der Waals surface area (Å²) in [5, 5.41) is 0. The Kier molecular flexibility index (Phi) is 6.76. The number of anilines is 1. The zero-order valence-electron chi connectivity index (χ0n) is 15.7. The Morgan fingerprint density at radius 2 is 2.00 bits per heavy atom. The van der Waals surface area contributed by atoms with Crippen molar-refractivity contribution in [3.63, 3.8) is 0 Å². The number of carbonyl (C=O) groups excluding carboxylic acids is 2. The summed E-state index contributed by atoms with van der Waals surface area (Å²) < 4.78 is 6.64. The molecule has 1 aromatic heterocycles. The van der Waals surface area contributed by atoms with Crippen LogP contribution in [0.3, 0.4) is 0 Å². The van der Waals surface area contributed by atoms with Crippen molar-refractivity contribution in [1.82, 2.24) is 9.88 Å². The number of hydrogen-bond acceptors (Lipinski definition) is 5. The van der Waals surface area contributed by atoms with Crippen LogP contribution < -0.4 is 9.77 Å². The quantitative estimate of drug-likeness (QED) is 0.477. The van der Waals surface area contributed by atoms with Crippen molar-refractivity contribution in [2.24, 2.45) is 0 Å². The van der Waals surface area contributed by atoms with Gasteiger partial charge in [-0.15, -0.1) is 0 Å². The van der Waals surface area contributed by atoms with Gasteiger partial charge < -0.3 is 9.64 Å². The van der Waals surface area contributed by atoms with Gasteiger partial charge in [-0.05, 0) is 23.5 Å². The molecule has 0 saturated heterocycles. The number of hydrogen-bond donors (Lipinski definition) is 1. The molecule has 1 aliphatic rings. The molecule has 6 nitrogen and oxygen atoms in total. The lowest BCUT2D eigenvalue weighted by Crippen LogP contribution is -2.36. The molecule has 2 amide bonds. The van der Waals surface area contributed by atoms with Gasteiger partial charge in [-0.25, -0.2) is 14.1 Å². The van der Waals surface area contributed by atoms with E-state index in [2.05, 4.69) is 17.8 Å². The first-order chi connectivity index (χ1) is 13.5. The average Bonchev–Trinajstić information content (AvgIpc) is 2.73. The van der Waals surface area contributed by atoms with Gasteiger partial charge in [0, 0.05) is 25.7 Å². The summed E-state index contributed by atoms with van der Waals surface area (Å²) in [6.45, 7) is 1.22. The van der Waals surface area contributed by atoms with Crippen LogP contribution in [0.15, 0.2) is 60.3 Å². The van der Waals surface area contributed by atoms with Gasteiger partial charge in [-0.3, -0.25) is 4.79 Å². The van der Waals surface area contributed by atoms with E-state index in [4.69, 9.17) is 4.74 Å². The van der Waals surface area contributed by atoms with E-state index in [0.717, 1.165) is 16.6 Å². The molecule has 8 heteroatoms.